The first-order valence-electron chi connectivity index (χ1n) is 5.80. The predicted octanol–water partition coefficient (Wildman–Crippen LogP) is 3.91. The molecule has 0 unspecified atom stereocenters. The van der Waals surface area contributed by atoms with Gasteiger partial charge < -0.3 is 4.42 Å². The van der Waals surface area contributed by atoms with Gasteiger partial charge in [-0.2, -0.15) is 5.10 Å². The highest BCUT2D eigenvalue weighted by Crippen LogP contribution is 2.29. The highest BCUT2D eigenvalue weighted by molar-refractivity contribution is 9.10. The summed E-state index contributed by atoms with van der Waals surface area (Å²) in [5, 5.41) is 5.64. The highest BCUT2D eigenvalue weighted by atomic mass is 79.9. The average molecular weight is 314 g/mol. The zero-order chi connectivity index (χ0) is 12.8. The van der Waals surface area contributed by atoms with Crippen molar-refractivity contribution in [2.45, 2.75) is 0 Å². The predicted molar refractivity (Wildman–Crippen MR) is 75.9 cm³/mol. The van der Waals surface area contributed by atoms with Gasteiger partial charge in [-0.1, -0.05) is 18.2 Å². The van der Waals surface area contributed by atoms with Gasteiger partial charge >= 0.3 is 0 Å². The molecule has 4 nitrogen and oxygen atoms in total. The zero-order valence-corrected chi connectivity index (χ0v) is 11.3. The lowest BCUT2D eigenvalue weighted by Crippen LogP contribution is -1.94. The zero-order valence-electron chi connectivity index (χ0n) is 9.75. The third-order valence-corrected chi connectivity index (χ3v) is 3.62. The van der Waals surface area contributed by atoms with Crippen LogP contribution in [0.1, 0.15) is 0 Å². The van der Waals surface area contributed by atoms with E-state index in [1.807, 2.05) is 36.4 Å². The van der Waals surface area contributed by atoms with Crippen LogP contribution in [0.5, 0.6) is 0 Å². The third-order valence-electron chi connectivity index (χ3n) is 3.08. The quantitative estimate of drug-likeness (QED) is 0.535. The van der Waals surface area contributed by atoms with Crippen molar-refractivity contribution in [3.63, 3.8) is 0 Å². The molecule has 3 aromatic heterocycles. The molecular formula is C14H8BrN3O. The van der Waals surface area contributed by atoms with Crippen molar-refractivity contribution < 1.29 is 4.42 Å². The summed E-state index contributed by atoms with van der Waals surface area (Å²) in [5.74, 6) is 0. The Kier molecular flexibility index (Phi) is 2.22. The van der Waals surface area contributed by atoms with Crippen LogP contribution in [0.2, 0.25) is 0 Å². The lowest BCUT2D eigenvalue weighted by molar-refractivity contribution is 0.616. The molecule has 0 spiro atoms. The molecule has 0 saturated carbocycles. The maximum atomic E-state index is 5.55. The Bertz CT molecular complexity index is 894. The van der Waals surface area contributed by atoms with Crippen LogP contribution < -0.4 is 0 Å². The van der Waals surface area contributed by atoms with Gasteiger partial charge in [0.15, 0.2) is 5.65 Å². The molecule has 0 aliphatic carbocycles. The average Bonchev–Trinajstić information content (AvgIpc) is 3.03. The molecule has 4 aromatic rings. The van der Waals surface area contributed by atoms with Crippen LogP contribution in [-0.2, 0) is 0 Å². The Balaban J connectivity index is 2.01. The summed E-state index contributed by atoms with van der Waals surface area (Å²) in [6.45, 7) is 0. The van der Waals surface area contributed by atoms with E-state index in [1.165, 1.54) is 0 Å². The van der Waals surface area contributed by atoms with Gasteiger partial charge in [-0.05, 0) is 34.1 Å². The van der Waals surface area contributed by atoms with Crippen LogP contribution in [-0.4, -0.2) is 14.6 Å². The van der Waals surface area contributed by atoms with E-state index in [4.69, 9.17) is 4.42 Å². The van der Waals surface area contributed by atoms with Crippen LogP contribution in [0.25, 0.3) is 27.9 Å². The molecule has 92 valence electrons. The molecule has 5 heteroatoms. The van der Waals surface area contributed by atoms with Crippen molar-refractivity contribution in [1.29, 1.82) is 0 Å². The standard InChI is InChI=1S/C14H8BrN3O/c15-13-7-16-14-6-5-11(17-18(13)14)10-8-19-12-4-2-1-3-9(10)12/h1-8H. The molecule has 0 amide bonds. The first-order chi connectivity index (χ1) is 9.33. The molecule has 0 atom stereocenters. The van der Waals surface area contributed by atoms with Gasteiger partial charge in [0.25, 0.3) is 0 Å². The summed E-state index contributed by atoms with van der Waals surface area (Å²) in [7, 11) is 0. The first-order valence-corrected chi connectivity index (χ1v) is 6.59. The van der Waals surface area contributed by atoms with E-state index in [0.29, 0.717) is 0 Å². The van der Waals surface area contributed by atoms with Gasteiger partial charge in [0.2, 0.25) is 0 Å². The number of rotatable bonds is 1. The molecular weight excluding hydrogens is 306 g/mol. The monoisotopic (exact) mass is 313 g/mol. The van der Waals surface area contributed by atoms with E-state index in [2.05, 4.69) is 26.0 Å². The fourth-order valence-electron chi connectivity index (χ4n) is 2.17. The van der Waals surface area contributed by atoms with E-state index >= 15 is 0 Å². The second kappa shape index (κ2) is 3.93. The summed E-state index contributed by atoms with van der Waals surface area (Å²) < 4.78 is 8.14. The molecule has 0 saturated heterocycles. The summed E-state index contributed by atoms with van der Waals surface area (Å²) in [4.78, 5) is 4.23. The largest absolute Gasteiger partial charge is 0.464 e. The number of aromatic nitrogens is 3. The lowest BCUT2D eigenvalue weighted by atomic mass is 10.1. The minimum absolute atomic E-state index is 0.809. The van der Waals surface area contributed by atoms with Crippen LogP contribution in [0.3, 0.4) is 0 Å². The second-order valence-corrected chi connectivity index (χ2v) is 5.03. The number of nitrogens with zero attached hydrogens (tertiary/aromatic N) is 3. The van der Waals surface area contributed by atoms with Crippen molar-refractivity contribution in [2.75, 3.05) is 0 Å². The van der Waals surface area contributed by atoms with Crippen molar-refractivity contribution in [3.05, 3.63) is 53.5 Å². The van der Waals surface area contributed by atoms with Crippen molar-refractivity contribution in [2.24, 2.45) is 0 Å². The Hall–Kier alpha value is -2.14. The topological polar surface area (TPSA) is 43.3 Å². The van der Waals surface area contributed by atoms with E-state index in [9.17, 15) is 0 Å². The first kappa shape index (κ1) is 10.8. The Morgan fingerprint density at radius 3 is 2.95 bits per heavy atom. The molecule has 0 aliphatic rings. The Morgan fingerprint density at radius 1 is 1.11 bits per heavy atom. The Morgan fingerprint density at radius 2 is 2.00 bits per heavy atom. The lowest BCUT2D eigenvalue weighted by Gasteiger charge is -2.00. The number of hydrogen-bond donors (Lipinski definition) is 0. The molecule has 0 bridgehead atoms. The highest BCUT2D eigenvalue weighted by Gasteiger charge is 2.10. The van der Waals surface area contributed by atoms with Crippen molar-refractivity contribution in [3.8, 4) is 11.3 Å². The SMILES string of the molecule is Brc1cnc2ccc(-c3coc4ccccc34)nn12. The number of hydrogen-bond acceptors (Lipinski definition) is 3. The van der Waals surface area contributed by atoms with Gasteiger partial charge in [0.1, 0.15) is 16.4 Å². The van der Waals surface area contributed by atoms with Gasteiger partial charge in [0, 0.05) is 10.9 Å². The number of fused-ring (bicyclic) bond motifs is 2. The fourth-order valence-corrected chi connectivity index (χ4v) is 2.53. The normalized spacial score (nSPS) is 11.4. The number of imidazole rings is 1. The number of halogens is 1. The van der Waals surface area contributed by atoms with E-state index in [0.717, 1.165) is 32.5 Å². The van der Waals surface area contributed by atoms with Gasteiger partial charge in [0.05, 0.1) is 11.9 Å². The molecule has 0 radical (unpaired) electrons. The maximum absolute atomic E-state index is 5.55. The third kappa shape index (κ3) is 1.58. The van der Waals surface area contributed by atoms with Crippen molar-refractivity contribution >= 4 is 32.5 Å². The second-order valence-electron chi connectivity index (χ2n) is 4.22. The van der Waals surface area contributed by atoms with Crippen LogP contribution in [0, 0.1) is 0 Å². The molecule has 4 rings (SSSR count). The van der Waals surface area contributed by atoms with Gasteiger partial charge in [-0.15, -0.1) is 0 Å². The van der Waals surface area contributed by atoms with E-state index < -0.39 is 0 Å². The van der Waals surface area contributed by atoms with E-state index in [-0.39, 0.29) is 0 Å². The molecule has 19 heavy (non-hydrogen) atoms. The smallest absolute Gasteiger partial charge is 0.154 e. The van der Waals surface area contributed by atoms with Crippen molar-refractivity contribution in [1.82, 2.24) is 14.6 Å². The number of benzene rings is 1. The molecule has 0 N–H and O–H groups in total. The van der Waals surface area contributed by atoms with E-state index in [1.54, 1.807) is 17.0 Å². The number of furan rings is 1. The summed E-state index contributed by atoms with van der Waals surface area (Å²) in [6, 6.07) is 11.8. The summed E-state index contributed by atoms with van der Waals surface area (Å²) >= 11 is 3.43. The minimum Gasteiger partial charge on any atom is -0.464 e. The van der Waals surface area contributed by atoms with Crippen LogP contribution in [0.15, 0.2) is 57.9 Å². The van der Waals surface area contributed by atoms with Crippen LogP contribution in [0.4, 0.5) is 0 Å². The fraction of sp³-hybridized carbons (Fsp3) is 0. The molecule has 3 heterocycles. The number of para-hydroxylation sites is 1. The minimum atomic E-state index is 0.809. The van der Waals surface area contributed by atoms with Gasteiger partial charge in [-0.3, -0.25) is 0 Å². The van der Waals surface area contributed by atoms with Crippen LogP contribution >= 0.6 is 15.9 Å². The van der Waals surface area contributed by atoms with Gasteiger partial charge in [-0.25, -0.2) is 9.50 Å². The summed E-state index contributed by atoms with van der Waals surface area (Å²) in [6.07, 6.45) is 3.48. The molecule has 0 aliphatic heterocycles. The molecule has 1 aromatic carbocycles. The molecule has 0 fully saturated rings. The Labute approximate surface area is 116 Å². The summed E-state index contributed by atoms with van der Waals surface area (Å²) in [5.41, 5.74) is 3.52. The maximum Gasteiger partial charge on any atom is 0.154 e.